The first-order valence-corrected chi connectivity index (χ1v) is 11.1. The van der Waals surface area contributed by atoms with Gasteiger partial charge < -0.3 is 15.5 Å². The average Bonchev–Trinajstić information content (AvgIpc) is 3.21. The Labute approximate surface area is 188 Å². The van der Waals surface area contributed by atoms with Gasteiger partial charge in [0.2, 0.25) is 5.91 Å². The number of aromatic nitrogens is 2. The molecular weight excluding hydrogens is 402 g/mol. The van der Waals surface area contributed by atoms with Crippen molar-refractivity contribution in [2.75, 3.05) is 19.6 Å². The number of amides is 3. The van der Waals surface area contributed by atoms with E-state index in [4.69, 9.17) is 0 Å². The highest BCUT2D eigenvalue weighted by Gasteiger charge is 2.20. The van der Waals surface area contributed by atoms with Crippen LogP contribution in [0.25, 0.3) is 5.69 Å². The van der Waals surface area contributed by atoms with Crippen molar-refractivity contribution in [2.24, 2.45) is 0 Å². The molecule has 166 valence electrons. The molecular formula is C25H29N5O2. The highest BCUT2D eigenvalue weighted by Crippen LogP contribution is 2.18. The molecule has 0 spiro atoms. The zero-order valence-corrected chi connectivity index (χ0v) is 18.4. The van der Waals surface area contributed by atoms with Gasteiger partial charge in [0, 0.05) is 25.8 Å². The Balaban J connectivity index is 1.16. The quantitative estimate of drug-likeness (QED) is 0.565. The molecule has 3 amide bonds. The van der Waals surface area contributed by atoms with E-state index < -0.39 is 0 Å². The van der Waals surface area contributed by atoms with Gasteiger partial charge in [-0.3, -0.25) is 4.79 Å². The van der Waals surface area contributed by atoms with Crippen LogP contribution in [0.2, 0.25) is 0 Å². The summed E-state index contributed by atoms with van der Waals surface area (Å²) in [6, 6.07) is 17.9. The number of carbonyl (C=O) groups excluding carboxylic acids is 2. The van der Waals surface area contributed by atoms with Gasteiger partial charge in [-0.15, -0.1) is 0 Å². The van der Waals surface area contributed by atoms with Gasteiger partial charge in [-0.05, 0) is 55.0 Å². The summed E-state index contributed by atoms with van der Waals surface area (Å²) >= 11 is 0. The minimum Gasteiger partial charge on any atom is -0.338 e. The largest absolute Gasteiger partial charge is 0.338 e. The molecule has 4 rings (SSSR count). The molecule has 0 saturated heterocycles. The Bertz CT molecular complexity index is 1080. The average molecular weight is 432 g/mol. The maximum Gasteiger partial charge on any atom is 0.315 e. The lowest BCUT2D eigenvalue weighted by molar-refractivity contribution is -0.130. The monoisotopic (exact) mass is 431 g/mol. The molecule has 3 aromatic rings. The third-order valence-corrected chi connectivity index (χ3v) is 5.81. The van der Waals surface area contributed by atoms with E-state index in [1.165, 1.54) is 11.1 Å². The Morgan fingerprint density at radius 1 is 1.00 bits per heavy atom. The molecule has 2 heterocycles. The number of benzene rings is 2. The van der Waals surface area contributed by atoms with Crippen molar-refractivity contribution in [2.45, 2.75) is 32.7 Å². The molecule has 1 aliphatic heterocycles. The Kier molecular flexibility index (Phi) is 6.84. The second kappa shape index (κ2) is 10.1. The molecule has 0 bridgehead atoms. The molecule has 7 nitrogen and oxygen atoms in total. The SMILES string of the molecule is Cc1nn(-c2ccccc2)cc1CCCNC(=O)NCC(=O)N1CCc2ccccc2C1. The Hall–Kier alpha value is -3.61. The van der Waals surface area contributed by atoms with E-state index in [0.717, 1.165) is 36.2 Å². The van der Waals surface area contributed by atoms with Gasteiger partial charge in [0.15, 0.2) is 0 Å². The zero-order chi connectivity index (χ0) is 22.3. The normalized spacial score (nSPS) is 12.8. The molecule has 0 atom stereocenters. The molecule has 7 heteroatoms. The number of hydrogen-bond acceptors (Lipinski definition) is 3. The summed E-state index contributed by atoms with van der Waals surface area (Å²) in [5.41, 5.74) is 5.67. The van der Waals surface area contributed by atoms with Gasteiger partial charge in [0.05, 0.1) is 17.9 Å². The van der Waals surface area contributed by atoms with Gasteiger partial charge in [-0.1, -0.05) is 42.5 Å². The van der Waals surface area contributed by atoms with Crippen LogP contribution in [0.5, 0.6) is 0 Å². The summed E-state index contributed by atoms with van der Waals surface area (Å²) in [6.07, 6.45) is 4.52. The lowest BCUT2D eigenvalue weighted by atomic mass is 10.00. The molecule has 0 fully saturated rings. The van der Waals surface area contributed by atoms with Crippen LogP contribution >= 0.6 is 0 Å². The molecule has 0 aliphatic carbocycles. The third kappa shape index (κ3) is 5.35. The molecule has 2 aromatic carbocycles. The number of nitrogens with zero attached hydrogens (tertiary/aromatic N) is 3. The summed E-state index contributed by atoms with van der Waals surface area (Å²) in [5.74, 6) is -0.0568. The van der Waals surface area contributed by atoms with Crippen molar-refractivity contribution in [3.63, 3.8) is 0 Å². The summed E-state index contributed by atoms with van der Waals surface area (Å²) in [4.78, 5) is 26.3. The third-order valence-electron chi connectivity index (χ3n) is 5.81. The van der Waals surface area contributed by atoms with Crippen molar-refractivity contribution in [1.29, 1.82) is 0 Å². The molecule has 2 N–H and O–H groups in total. The number of hydrogen-bond donors (Lipinski definition) is 2. The van der Waals surface area contributed by atoms with Crippen molar-refractivity contribution in [3.05, 3.63) is 83.2 Å². The maximum atomic E-state index is 12.5. The number of carbonyl (C=O) groups is 2. The number of para-hydroxylation sites is 1. The van der Waals surface area contributed by atoms with Gasteiger partial charge in [-0.2, -0.15) is 5.10 Å². The molecule has 0 radical (unpaired) electrons. The fourth-order valence-electron chi connectivity index (χ4n) is 3.97. The minimum atomic E-state index is -0.313. The molecule has 1 aliphatic rings. The molecule has 1 aromatic heterocycles. The van der Waals surface area contributed by atoms with Crippen molar-refractivity contribution in [3.8, 4) is 5.69 Å². The smallest absolute Gasteiger partial charge is 0.315 e. The minimum absolute atomic E-state index is 0.0109. The van der Waals surface area contributed by atoms with Crippen molar-refractivity contribution < 1.29 is 9.59 Å². The van der Waals surface area contributed by atoms with Crippen LogP contribution in [0.15, 0.2) is 60.8 Å². The van der Waals surface area contributed by atoms with E-state index in [1.54, 1.807) is 4.90 Å². The first-order valence-electron chi connectivity index (χ1n) is 11.1. The number of nitrogens with one attached hydrogen (secondary N) is 2. The van der Waals surface area contributed by atoms with Crippen LogP contribution in [0.1, 0.15) is 28.8 Å². The van der Waals surface area contributed by atoms with E-state index >= 15 is 0 Å². The Morgan fingerprint density at radius 2 is 1.75 bits per heavy atom. The molecule has 32 heavy (non-hydrogen) atoms. The van der Waals surface area contributed by atoms with Gasteiger partial charge >= 0.3 is 6.03 Å². The Morgan fingerprint density at radius 3 is 2.56 bits per heavy atom. The summed E-state index contributed by atoms with van der Waals surface area (Å²) < 4.78 is 1.88. The van der Waals surface area contributed by atoms with Crippen LogP contribution in [-0.2, 0) is 24.2 Å². The number of urea groups is 1. The van der Waals surface area contributed by atoms with Crippen molar-refractivity contribution in [1.82, 2.24) is 25.3 Å². The van der Waals surface area contributed by atoms with Crippen LogP contribution in [-0.4, -0.2) is 46.3 Å². The summed E-state index contributed by atoms with van der Waals surface area (Å²) in [5, 5.41) is 10.1. The van der Waals surface area contributed by atoms with Crippen LogP contribution < -0.4 is 10.6 Å². The zero-order valence-electron chi connectivity index (χ0n) is 18.4. The van der Waals surface area contributed by atoms with Gasteiger partial charge in [0.1, 0.15) is 0 Å². The van der Waals surface area contributed by atoms with E-state index in [-0.39, 0.29) is 18.5 Å². The predicted molar refractivity (Wildman–Crippen MR) is 124 cm³/mol. The standard InChI is InChI=1S/C25H29N5O2/c1-19-21(18-30(28-19)23-11-3-2-4-12-23)10-7-14-26-25(32)27-16-24(31)29-15-13-20-8-5-6-9-22(20)17-29/h2-6,8-9,11-12,18H,7,10,13-17H2,1H3,(H2,26,27,32). The number of fused-ring (bicyclic) bond motifs is 1. The summed E-state index contributed by atoms with van der Waals surface area (Å²) in [7, 11) is 0. The number of aryl methyl sites for hydroxylation is 2. The van der Waals surface area contributed by atoms with Crippen molar-refractivity contribution >= 4 is 11.9 Å². The second-order valence-electron chi connectivity index (χ2n) is 8.07. The fraction of sp³-hybridized carbons (Fsp3) is 0.320. The molecule has 0 saturated carbocycles. The second-order valence-corrected chi connectivity index (χ2v) is 8.07. The lowest BCUT2D eigenvalue weighted by Crippen LogP contribution is -2.45. The number of rotatable bonds is 7. The highest BCUT2D eigenvalue weighted by molar-refractivity contribution is 5.84. The first-order chi connectivity index (χ1) is 15.6. The van der Waals surface area contributed by atoms with Crippen LogP contribution in [0, 0.1) is 6.92 Å². The van der Waals surface area contributed by atoms with Crippen LogP contribution in [0.3, 0.4) is 0 Å². The van der Waals surface area contributed by atoms with E-state index in [9.17, 15) is 9.59 Å². The summed E-state index contributed by atoms with van der Waals surface area (Å²) in [6.45, 7) is 3.84. The van der Waals surface area contributed by atoms with Gasteiger partial charge in [0.25, 0.3) is 0 Å². The predicted octanol–water partition coefficient (Wildman–Crippen LogP) is 3.00. The maximum absolute atomic E-state index is 12.5. The highest BCUT2D eigenvalue weighted by atomic mass is 16.2. The van der Waals surface area contributed by atoms with Gasteiger partial charge in [-0.25, -0.2) is 9.48 Å². The molecule has 0 unspecified atom stereocenters. The fourth-order valence-corrected chi connectivity index (χ4v) is 3.97. The first kappa shape index (κ1) is 21.6. The van der Waals surface area contributed by atoms with E-state index in [2.05, 4.69) is 27.9 Å². The van der Waals surface area contributed by atoms with Crippen LogP contribution in [0.4, 0.5) is 4.79 Å². The van der Waals surface area contributed by atoms with E-state index in [0.29, 0.717) is 19.6 Å². The van der Waals surface area contributed by atoms with E-state index in [1.807, 2.05) is 60.3 Å². The topological polar surface area (TPSA) is 79.3 Å². The lowest BCUT2D eigenvalue weighted by Gasteiger charge is -2.29.